The van der Waals surface area contributed by atoms with Crippen molar-refractivity contribution in [3.63, 3.8) is 0 Å². The molecule has 1 atom stereocenters. The molecular weight excluding hydrogens is 426 g/mol. The first-order valence-corrected chi connectivity index (χ1v) is 12.5. The summed E-state index contributed by atoms with van der Waals surface area (Å²) in [5.41, 5.74) is 2.28. The second kappa shape index (κ2) is 10.2. The Morgan fingerprint density at radius 2 is 1.91 bits per heavy atom. The number of aryl methyl sites for hydroxylation is 2. The zero-order valence-corrected chi connectivity index (χ0v) is 19.7. The first-order chi connectivity index (χ1) is 15.2. The monoisotopic (exact) mass is 457 g/mol. The summed E-state index contributed by atoms with van der Waals surface area (Å²) in [7, 11) is -3.80. The lowest BCUT2D eigenvalue weighted by Crippen LogP contribution is -2.46. The lowest BCUT2D eigenvalue weighted by molar-refractivity contribution is -0.124. The number of anilines is 1. The second-order valence-electron chi connectivity index (χ2n) is 8.26. The number of rotatable bonds is 8. The van der Waals surface area contributed by atoms with Gasteiger partial charge in [0, 0.05) is 24.3 Å². The Kier molecular flexibility index (Phi) is 7.56. The zero-order valence-electron chi connectivity index (χ0n) is 18.8. The third kappa shape index (κ3) is 5.48. The first-order valence-electron chi connectivity index (χ1n) is 11.0. The van der Waals surface area contributed by atoms with E-state index in [4.69, 9.17) is 0 Å². The molecule has 2 aromatic rings. The smallest absolute Gasteiger partial charge is 0.262 e. The van der Waals surface area contributed by atoms with Gasteiger partial charge in [-0.05, 0) is 62.9 Å². The van der Waals surface area contributed by atoms with Crippen molar-refractivity contribution in [3.05, 3.63) is 59.2 Å². The van der Waals surface area contributed by atoms with Crippen molar-refractivity contribution in [2.24, 2.45) is 0 Å². The van der Waals surface area contributed by atoms with E-state index in [-0.39, 0.29) is 16.7 Å². The van der Waals surface area contributed by atoms with E-state index in [1.54, 1.807) is 42.2 Å². The van der Waals surface area contributed by atoms with Crippen LogP contribution in [0.4, 0.5) is 5.69 Å². The van der Waals surface area contributed by atoms with Gasteiger partial charge >= 0.3 is 0 Å². The van der Waals surface area contributed by atoms with Gasteiger partial charge in [-0.2, -0.15) is 0 Å². The quantitative estimate of drug-likeness (QED) is 0.592. The van der Waals surface area contributed by atoms with E-state index in [1.165, 1.54) is 6.07 Å². The molecule has 1 saturated heterocycles. The lowest BCUT2D eigenvalue weighted by Gasteiger charge is -2.24. The summed E-state index contributed by atoms with van der Waals surface area (Å²) in [6, 6.07) is 11.1. The van der Waals surface area contributed by atoms with Gasteiger partial charge in [-0.15, -0.1) is 0 Å². The topological polar surface area (TPSA) is 95.6 Å². The van der Waals surface area contributed by atoms with Crippen LogP contribution in [0.15, 0.2) is 47.4 Å². The predicted molar refractivity (Wildman–Crippen MR) is 125 cm³/mol. The summed E-state index contributed by atoms with van der Waals surface area (Å²) in [5, 5.41) is 2.91. The van der Waals surface area contributed by atoms with Crippen molar-refractivity contribution in [3.8, 4) is 0 Å². The number of carbonyl (C=O) groups is 2. The fourth-order valence-corrected chi connectivity index (χ4v) is 5.26. The van der Waals surface area contributed by atoms with Gasteiger partial charge < -0.3 is 10.2 Å². The van der Waals surface area contributed by atoms with Gasteiger partial charge in [0.15, 0.2) is 0 Å². The molecule has 0 aliphatic carbocycles. The van der Waals surface area contributed by atoms with Gasteiger partial charge in [0.1, 0.15) is 6.04 Å². The molecular formula is C24H31N3O4S. The Labute approximate surface area is 190 Å². The van der Waals surface area contributed by atoms with Gasteiger partial charge in [-0.25, -0.2) is 8.42 Å². The number of nitrogens with zero attached hydrogens (tertiary/aromatic N) is 1. The molecule has 32 heavy (non-hydrogen) atoms. The fourth-order valence-electron chi connectivity index (χ4n) is 3.98. The molecule has 0 spiro atoms. The maximum atomic E-state index is 13.1. The SMILES string of the molecule is CCCCNC(=O)[C@@H]1CCCN1C(=O)c1cccc(NS(=O)(=O)c2ccc(C)cc2C)c1. The maximum absolute atomic E-state index is 13.1. The van der Waals surface area contributed by atoms with Gasteiger partial charge in [0.25, 0.3) is 15.9 Å². The standard InChI is InChI=1S/C24H31N3O4S/c1-4-5-13-25-23(28)21-10-7-14-27(21)24(29)19-8-6-9-20(16-19)26-32(30,31)22-12-11-17(2)15-18(22)3/h6,8-9,11-12,15-16,21,26H,4-5,7,10,13-14H2,1-3H3,(H,25,28)/t21-/m0/s1. The molecule has 1 heterocycles. The molecule has 0 radical (unpaired) electrons. The Balaban J connectivity index is 1.76. The Morgan fingerprint density at radius 3 is 2.62 bits per heavy atom. The molecule has 7 nitrogen and oxygen atoms in total. The first kappa shape index (κ1) is 23.8. The highest BCUT2D eigenvalue weighted by Gasteiger charge is 2.34. The van der Waals surface area contributed by atoms with Crippen LogP contribution >= 0.6 is 0 Å². The average molecular weight is 458 g/mol. The number of amides is 2. The zero-order chi connectivity index (χ0) is 23.3. The van der Waals surface area contributed by atoms with Crippen LogP contribution in [0.25, 0.3) is 0 Å². The van der Waals surface area contributed by atoms with Crippen molar-refractivity contribution in [2.45, 2.75) is 57.4 Å². The van der Waals surface area contributed by atoms with Crippen LogP contribution in [0.1, 0.15) is 54.1 Å². The van der Waals surface area contributed by atoms with Crippen molar-refractivity contribution in [2.75, 3.05) is 17.8 Å². The maximum Gasteiger partial charge on any atom is 0.262 e. The minimum absolute atomic E-state index is 0.129. The molecule has 2 aromatic carbocycles. The summed E-state index contributed by atoms with van der Waals surface area (Å²) in [4.78, 5) is 27.5. The van der Waals surface area contributed by atoms with Gasteiger partial charge in [0.2, 0.25) is 5.91 Å². The van der Waals surface area contributed by atoms with Crippen LogP contribution in [-0.4, -0.2) is 44.3 Å². The number of nitrogens with one attached hydrogen (secondary N) is 2. The lowest BCUT2D eigenvalue weighted by atomic mass is 10.1. The average Bonchev–Trinajstić information content (AvgIpc) is 3.23. The van der Waals surface area contributed by atoms with E-state index in [0.717, 1.165) is 24.8 Å². The number of hydrogen-bond donors (Lipinski definition) is 2. The van der Waals surface area contributed by atoms with Gasteiger partial charge in [-0.1, -0.05) is 37.1 Å². The summed E-state index contributed by atoms with van der Waals surface area (Å²) >= 11 is 0. The van der Waals surface area contributed by atoms with Crippen LogP contribution < -0.4 is 10.0 Å². The third-order valence-electron chi connectivity index (χ3n) is 5.63. The van der Waals surface area contributed by atoms with Gasteiger partial charge in [0.05, 0.1) is 4.90 Å². The van der Waals surface area contributed by atoms with Crippen LogP contribution in [0, 0.1) is 13.8 Å². The molecule has 2 N–H and O–H groups in total. The summed E-state index contributed by atoms with van der Waals surface area (Å²) < 4.78 is 28.3. The number of hydrogen-bond acceptors (Lipinski definition) is 4. The number of benzene rings is 2. The van der Waals surface area contributed by atoms with Crippen molar-refractivity contribution >= 4 is 27.5 Å². The highest BCUT2D eigenvalue weighted by atomic mass is 32.2. The Bertz CT molecular complexity index is 1100. The van der Waals surface area contributed by atoms with Crippen LogP contribution in [0.2, 0.25) is 0 Å². The minimum atomic E-state index is -3.80. The van der Waals surface area contributed by atoms with E-state index in [2.05, 4.69) is 17.0 Å². The molecule has 172 valence electrons. The predicted octanol–water partition coefficient (Wildman–Crippen LogP) is 3.63. The van der Waals surface area contributed by atoms with Crippen molar-refractivity contribution in [1.82, 2.24) is 10.2 Å². The van der Waals surface area contributed by atoms with Crippen LogP contribution in [0.3, 0.4) is 0 Å². The largest absolute Gasteiger partial charge is 0.354 e. The van der Waals surface area contributed by atoms with E-state index in [1.807, 2.05) is 13.0 Å². The molecule has 1 aliphatic rings. The number of sulfonamides is 1. The minimum Gasteiger partial charge on any atom is -0.354 e. The summed E-state index contributed by atoms with van der Waals surface area (Å²) in [6.07, 6.45) is 3.27. The van der Waals surface area contributed by atoms with Gasteiger partial charge in [-0.3, -0.25) is 14.3 Å². The highest BCUT2D eigenvalue weighted by Crippen LogP contribution is 2.24. The van der Waals surface area contributed by atoms with Crippen LogP contribution in [-0.2, 0) is 14.8 Å². The molecule has 1 fully saturated rings. The third-order valence-corrected chi connectivity index (χ3v) is 7.17. The van der Waals surface area contributed by atoms with E-state index >= 15 is 0 Å². The molecule has 0 bridgehead atoms. The van der Waals surface area contributed by atoms with Crippen molar-refractivity contribution < 1.29 is 18.0 Å². The van der Waals surface area contributed by atoms with Crippen LogP contribution in [0.5, 0.6) is 0 Å². The van der Waals surface area contributed by atoms with E-state index in [9.17, 15) is 18.0 Å². The number of carbonyl (C=O) groups excluding carboxylic acids is 2. The summed E-state index contributed by atoms with van der Waals surface area (Å²) in [5.74, 6) is -0.401. The molecule has 2 amide bonds. The molecule has 0 aromatic heterocycles. The van der Waals surface area contributed by atoms with Crippen molar-refractivity contribution in [1.29, 1.82) is 0 Å². The Morgan fingerprint density at radius 1 is 1.12 bits per heavy atom. The molecule has 0 saturated carbocycles. The Hall–Kier alpha value is -2.87. The number of likely N-dealkylation sites (tertiary alicyclic amines) is 1. The molecule has 3 rings (SSSR count). The van der Waals surface area contributed by atoms with E-state index < -0.39 is 16.1 Å². The van der Waals surface area contributed by atoms with E-state index in [0.29, 0.717) is 36.3 Å². The molecule has 0 unspecified atom stereocenters. The molecule has 1 aliphatic heterocycles. The second-order valence-corrected chi connectivity index (χ2v) is 9.91. The number of unbranched alkanes of at least 4 members (excludes halogenated alkanes) is 1. The fraction of sp³-hybridized carbons (Fsp3) is 0.417. The summed E-state index contributed by atoms with van der Waals surface area (Å²) in [6.45, 7) is 6.81. The molecule has 8 heteroatoms. The normalized spacial score (nSPS) is 16.1. The highest BCUT2D eigenvalue weighted by molar-refractivity contribution is 7.92.